The Morgan fingerprint density at radius 2 is 1.94 bits per heavy atom. The Kier molecular flexibility index (Phi) is 7.21. The molecule has 1 saturated heterocycles. The van der Waals surface area contributed by atoms with Crippen LogP contribution in [-0.2, 0) is 13.0 Å². The predicted octanol–water partition coefficient (Wildman–Crippen LogP) is 7.23. The maximum Gasteiger partial charge on any atom is 0.174 e. The molecule has 0 atom stereocenters. The number of imidazole rings is 1. The molecular formula is C28H32ClN3O2. The van der Waals surface area contributed by atoms with Crippen molar-refractivity contribution in [2.75, 3.05) is 19.7 Å². The quantitative estimate of drug-likeness (QED) is 0.258. The van der Waals surface area contributed by atoms with Crippen molar-refractivity contribution in [3.8, 4) is 17.3 Å². The molecule has 1 N–H and O–H groups in total. The third-order valence-corrected chi connectivity index (χ3v) is 6.67. The Labute approximate surface area is 206 Å². The number of likely N-dealkylation sites (tertiary alicyclic amines) is 1. The zero-order valence-electron chi connectivity index (χ0n) is 19.8. The lowest BCUT2D eigenvalue weighted by atomic mass is 10.1. The molecule has 2 aromatic heterocycles. The van der Waals surface area contributed by atoms with Crippen molar-refractivity contribution in [3.63, 3.8) is 0 Å². The van der Waals surface area contributed by atoms with Crippen LogP contribution in [0.3, 0.4) is 0 Å². The fourth-order valence-electron chi connectivity index (χ4n) is 4.59. The molecule has 0 unspecified atom stereocenters. The van der Waals surface area contributed by atoms with Crippen molar-refractivity contribution in [1.82, 2.24) is 14.9 Å². The molecule has 0 amide bonds. The van der Waals surface area contributed by atoms with Gasteiger partial charge in [-0.2, -0.15) is 0 Å². The van der Waals surface area contributed by atoms with Gasteiger partial charge in [0, 0.05) is 23.6 Å². The van der Waals surface area contributed by atoms with E-state index in [0.717, 1.165) is 59.1 Å². The lowest BCUT2D eigenvalue weighted by Crippen LogP contribution is -2.29. The van der Waals surface area contributed by atoms with E-state index in [2.05, 4.69) is 35.0 Å². The van der Waals surface area contributed by atoms with Crippen LogP contribution in [-0.4, -0.2) is 34.6 Å². The van der Waals surface area contributed by atoms with E-state index < -0.39 is 0 Å². The van der Waals surface area contributed by atoms with Crippen LogP contribution >= 0.6 is 11.6 Å². The van der Waals surface area contributed by atoms with Crippen LogP contribution in [0.25, 0.3) is 22.6 Å². The van der Waals surface area contributed by atoms with Crippen molar-refractivity contribution in [3.05, 3.63) is 70.4 Å². The third-order valence-electron chi connectivity index (χ3n) is 6.44. The van der Waals surface area contributed by atoms with Gasteiger partial charge in [-0.1, -0.05) is 37.4 Å². The van der Waals surface area contributed by atoms with E-state index in [4.69, 9.17) is 25.7 Å². The highest BCUT2D eigenvalue weighted by Crippen LogP contribution is 2.29. The first kappa shape index (κ1) is 23.0. The maximum atomic E-state index is 6.26. The number of rotatable bonds is 9. The number of hydrogen-bond donors (Lipinski definition) is 1. The van der Waals surface area contributed by atoms with E-state index >= 15 is 0 Å². The molecule has 2 aromatic carbocycles. The number of fused-ring (bicyclic) bond motifs is 1. The standard InChI is InChI=1S/C28H32ClN3O2/c1-2-3-15-33-26-11-8-22(29)17-21(26)18-23-9-12-27(34-23)28-30-24-10-7-20(16-25(24)31-28)19-32-13-5-4-6-14-32/h7-12,16-17H,2-6,13-15,18-19H2,1H3,(H,30,31). The molecule has 34 heavy (non-hydrogen) atoms. The second kappa shape index (κ2) is 10.7. The number of aromatic nitrogens is 2. The first-order valence-electron chi connectivity index (χ1n) is 12.4. The van der Waals surface area contributed by atoms with Crippen molar-refractivity contribution >= 4 is 22.6 Å². The number of hydrogen-bond acceptors (Lipinski definition) is 4. The Hall–Kier alpha value is -2.76. The minimum Gasteiger partial charge on any atom is -0.493 e. The van der Waals surface area contributed by atoms with Crippen molar-refractivity contribution in [2.24, 2.45) is 0 Å². The zero-order valence-corrected chi connectivity index (χ0v) is 20.5. The van der Waals surface area contributed by atoms with Crippen LogP contribution in [0.5, 0.6) is 5.75 Å². The number of nitrogens with zero attached hydrogens (tertiary/aromatic N) is 2. The smallest absolute Gasteiger partial charge is 0.174 e. The highest BCUT2D eigenvalue weighted by Gasteiger charge is 2.14. The Bertz CT molecular complexity index is 1240. The number of nitrogens with one attached hydrogen (secondary N) is 1. The number of halogens is 1. The molecule has 0 radical (unpaired) electrons. The average Bonchev–Trinajstić information content (AvgIpc) is 3.48. The van der Waals surface area contributed by atoms with Crippen LogP contribution in [0.2, 0.25) is 5.02 Å². The highest BCUT2D eigenvalue weighted by molar-refractivity contribution is 6.30. The summed E-state index contributed by atoms with van der Waals surface area (Å²) in [7, 11) is 0. The number of H-pyrrole nitrogens is 1. The van der Waals surface area contributed by atoms with E-state index in [1.54, 1.807) is 0 Å². The molecule has 6 heteroatoms. The summed E-state index contributed by atoms with van der Waals surface area (Å²) in [6, 6.07) is 16.3. The zero-order chi connectivity index (χ0) is 23.3. The maximum absolute atomic E-state index is 6.26. The molecule has 5 rings (SSSR count). The van der Waals surface area contributed by atoms with E-state index in [0.29, 0.717) is 18.1 Å². The molecule has 5 nitrogen and oxygen atoms in total. The van der Waals surface area contributed by atoms with Gasteiger partial charge in [0.1, 0.15) is 11.5 Å². The summed E-state index contributed by atoms with van der Waals surface area (Å²) < 4.78 is 12.2. The van der Waals surface area contributed by atoms with Gasteiger partial charge >= 0.3 is 0 Å². The summed E-state index contributed by atoms with van der Waals surface area (Å²) in [5.74, 6) is 3.20. The van der Waals surface area contributed by atoms with Crippen molar-refractivity contribution in [2.45, 2.75) is 52.0 Å². The van der Waals surface area contributed by atoms with Gasteiger partial charge < -0.3 is 14.1 Å². The molecule has 0 bridgehead atoms. The Balaban J connectivity index is 1.31. The number of unbranched alkanes of at least 4 members (excludes halogenated alkanes) is 1. The molecule has 0 aliphatic carbocycles. The molecule has 4 aromatic rings. The summed E-state index contributed by atoms with van der Waals surface area (Å²) >= 11 is 6.26. The van der Waals surface area contributed by atoms with E-state index in [9.17, 15) is 0 Å². The minimum atomic E-state index is 0.613. The van der Waals surface area contributed by atoms with Crippen LogP contribution in [0.4, 0.5) is 0 Å². The number of ether oxygens (including phenoxy) is 1. The molecule has 0 spiro atoms. The van der Waals surface area contributed by atoms with Crippen molar-refractivity contribution in [1.29, 1.82) is 0 Å². The summed E-state index contributed by atoms with van der Waals surface area (Å²) in [6.07, 6.45) is 6.70. The fourth-order valence-corrected chi connectivity index (χ4v) is 4.78. The molecule has 1 aliphatic heterocycles. The summed E-state index contributed by atoms with van der Waals surface area (Å²) in [5, 5.41) is 0.697. The second-order valence-electron chi connectivity index (χ2n) is 9.17. The minimum absolute atomic E-state index is 0.613. The van der Waals surface area contributed by atoms with Gasteiger partial charge in [-0.25, -0.2) is 4.98 Å². The van der Waals surface area contributed by atoms with Gasteiger partial charge in [0.05, 0.1) is 17.6 Å². The van der Waals surface area contributed by atoms with Crippen LogP contribution in [0.1, 0.15) is 55.9 Å². The number of furan rings is 1. The monoisotopic (exact) mass is 477 g/mol. The SMILES string of the molecule is CCCCOc1ccc(Cl)cc1Cc1ccc(-c2nc3ccc(CN4CCCCC4)cc3[nH]2)o1. The lowest BCUT2D eigenvalue weighted by molar-refractivity contribution is 0.221. The van der Waals surface area contributed by atoms with Gasteiger partial charge in [0.25, 0.3) is 0 Å². The first-order valence-corrected chi connectivity index (χ1v) is 12.8. The summed E-state index contributed by atoms with van der Waals surface area (Å²) in [6.45, 7) is 6.24. The Morgan fingerprint density at radius 3 is 2.79 bits per heavy atom. The average molecular weight is 478 g/mol. The topological polar surface area (TPSA) is 54.3 Å². The van der Waals surface area contributed by atoms with Crippen molar-refractivity contribution < 1.29 is 9.15 Å². The first-order chi connectivity index (χ1) is 16.7. The van der Waals surface area contributed by atoms with E-state index in [-0.39, 0.29) is 0 Å². The molecule has 3 heterocycles. The molecule has 1 fully saturated rings. The predicted molar refractivity (Wildman–Crippen MR) is 138 cm³/mol. The molecule has 0 saturated carbocycles. The summed E-state index contributed by atoms with van der Waals surface area (Å²) in [4.78, 5) is 10.8. The van der Waals surface area contributed by atoms with Gasteiger partial charge in [-0.05, 0) is 80.4 Å². The molecular weight excluding hydrogens is 446 g/mol. The number of piperidine rings is 1. The van der Waals surface area contributed by atoms with Crippen LogP contribution in [0, 0.1) is 0 Å². The van der Waals surface area contributed by atoms with Crippen LogP contribution < -0.4 is 4.74 Å². The van der Waals surface area contributed by atoms with Gasteiger partial charge in [-0.3, -0.25) is 4.90 Å². The third kappa shape index (κ3) is 5.48. The molecule has 1 aliphatic rings. The highest BCUT2D eigenvalue weighted by atomic mass is 35.5. The van der Waals surface area contributed by atoms with Gasteiger partial charge in [0.15, 0.2) is 11.6 Å². The van der Waals surface area contributed by atoms with E-state index in [1.165, 1.54) is 37.9 Å². The van der Waals surface area contributed by atoms with E-state index in [1.807, 2.05) is 30.3 Å². The van der Waals surface area contributed by atoms with Crippen LogP contribution in [0.15, 0.2) is 52.9 Å². The Morgan fingerprint density at radius 1 is 1.06 bits per heavy atom. The largest absolute Gasteiger partial charge is 0.493 e. The normalized spacial score (nSPS) is 14.6. The second-order valence-corrected chi connectivity index (χ2v) is 9.61. The van der Waals surface area contributed by atoms with Gasteiger partial charge in [0.2, 0.25) is 0 Å². The molecule has 178 valence electrons. The lowest BCUT2D eigenvalue weighted by Gasteiger charge is -2.26. The fraction of sp³-hybridized carbons (Fsp3) is 0.393. The number of aromatic amines is 1. The van der Waals surface area contributed by atoms with Gasteiger partial charge in [-0.15, -0.1) is 0 Å². The number of benzene rings is 2. The summed E-state index contributed by atoms with van der Waals surface area (Å²) in [5.41, 5.74) is 4.35.